The Kier molecular flexibility index (Phi) is 5.30. The number of halogens is 1. The highest BCUT2D eigenvalue weighted by Crippen LogP contribution is 2.21. The summed E-state index contributed by atoms with van der Waals surface area (Å²) in [6.07, 6.45) is 2.88. The van der Waals surface area contributed by atoms with E-state index in [-0.39, 0.29) is 0 Å². The Morgan fingerprint density at radius 3 is 2.66 bits per heavy atom. The van der Waals surface area contributed by atoms with Crippen molar-refractivity contribution in [3.8, 4) is 0 Å². The molecule has 32 heavy (non-hydrogen) atoms. The SMILES string of the molecule is Cc1cn2c3c(=O)[nH]c(=O)n(C)c3nc2n1CCCN1CCN(c2cccc(Cl)c2)CC1. The lowest BCUT2D eigenvalue weighted by Gasteiger charge is -2.36. The van der Waals surface area contributed by atoms with Gasteiger partial charge in [0.15, 0.2) is 11.2 Å². The van der Waals surface area contributed by atoms with Gasteiger partial charge >= 0.3 is 5.69 Å². The highest BCUT2D eigenvalue weighted by Gasteiger charge is 2.19. The van der Waals surface area contributed by atoms with E-state index in [1.165, 1.54) is 10.3 Å². The van der Waals surface area contributed by atoms with E-state index in [1.807, 2.05) is 31.3 Å². The summed E-state index contributed by atoms with van der Waals surface area (Å²) in [4.78, 5) is 36.1. The van der Waals surface area contributed by atoms with Crippen molar-refractivity contribution in [3.05, 3.63) is 62.0 Å². The van der Waals surface area contributed by atoms with Crippen LogP contribution in [0, 0.1) is 6.92 Å². The Hall–Kier alpha value is -3.04. The van der Waals surface area contributed by atoms with Gasteiger partial charge in [0.2, 0.25) is 5.78 Å². The van der Waals surface area contributed by atoms with Gasteiger partial charge in [0.1, 0.15) is 0 Å². The number of piperazine rings is 1. The normalized spacial score (nSPS) is 15.3. The van der Waals surface area contributed by atoms with Crippen molar-refractivity contribution in [3.63, 3.8) is 0 Å². The second-order valence-electron chi connectivity index (χ2n) is 8.36. The minimum atomic E-state index is -0.455. The Morgan fingerprint density at radius 1 is 1.12 bits per heavy atom. The molecule has 1 saturated heterocycles. The number of fused-ring (bicyclic) bond motifs is 3. The number of nitrogens with one attached hydrogen (secondary N) is 1. The van der Waals surface area contributed by atoms with Crippen LogP contribution in [-0.4, -0.2) is 61.1 Å². The third-order valence-corrected chi connectivity index (χ3v) is 6.55. The van der Waals surface area contributed by atoms with Crippen molar-refractivity contribution in [2.75, 3.05) is 37.6 Å². The maximum absolute atomic E-state index is 12.4. The fraction of sp³-hybridized carbons (Fsp3) is 0.409. The molecule has 10 heteroatoms. The van der Waals surface area contributed by atoms with Crippen LogP contribution in [0.1, 0.15) is 12.1 Å². The standard InChI is InChI=1S/C22H26ClN7O2/c1-15-14-30-18-19(26(2)22(32)25-20(18)31)24-21(30)29(15)8-4-7-27-9-11-28(12-10-27)17-6-3-5-16(23)13-17/h3,5-6,13-14H,4,7-12H2,1-2H3,(H,25,31,32). The first kappa shape index (κ1) is 20.8. The molecule has 0 atom stereocenters. The number of H-pyrrole nitrogens is 1. The Balaban J connectivity index is 1.26. The summed E-state index contributed by atoms with van der Waals surface area (Å²) in [5, 5.41) is 0.770. The molecule has 1 N–H and O–H groups in total. The van der Waals surface area contributed by atoms with Crippen LogP contribution in [0.25, 0.3) is 16.9 Å². The van der Waals surface area contributed by atoms with Crippen molar-refractivity contribution in [1.29, 1.82) is 0 Å². The van der Waals surface area contributed by atoms with Crippen LogP contribution in [0.15, 0.2) is 40.1 Å². The maximum Gasteiger partial charge on any atom is 0.329 e. The van der Waals surface area contributed by atoms with E-state index < -0.39 is 11.2 Å². The first-order valence-corrected chi connectivity index (χ1v) is 11.2. The second-order valence-corrected chi connectivity index (χ2v) is 8.79. The van der Waals surface area contributed by atoms with Crippen LogP contribution in [0.5, 0.6) is 0 Å². The molecule has 168 valence electrons. The van der Waals surface area contributed by atoms with Crippen LogP contribution in [0.2, 0.25) is 5.02 Å². The molecule has 0 bridgehead atoms. The zero-order chi connectivity index (χ0) is 22.4. The van der Waals surface area contributed by atoms with Crippen LogP contribution in [-0.2, 0) is 13.6 Å². The van der Waals surface area contributed by atoms with Crippen LogP contribution in [0.4, 0.5) is 5.69 Å². The number of benzene rings is 1. The number of imidazole rings is 2. The number of aromatic amines is 1. The lowest BCUT2D eigenvalue weighted by atomic mass is 10.2. The average molecular weight is 456 g/mol. The molecule has 0 saturated carbocycles. The third-order valence-electron chi connectivity index (χ3n) is 6.32. The van der Waals surface area contributed by atoms with E-state index in [0.29, 0.717) is 16.9 Å². The molecule has 9 nitrogen and oxygen atoms in total. The van der Waals surface area contributed by atoms with E-state index in [9.17, 15) is 9.59 Å². The summed E-state index contributed by atoms with van der Waals surface area (Å²) in [6, 6.07) is 8.03. The molecule has 5 rings (SSSR count). The van der Waals surface area contributed by atoms with E-state index in [1.54, 1.807) is 11.4 Å². The summed E-state index contributed by atoms with van der Waals surface area (Å²) in [5.74, 6) is 0.690. The van der Waals surface area contributed by atoms with Gasteiger partial charge < -0.3 is 9.47 Å². The molecule has 0 aliphatic carbocycles. The zero-order valence-corrected chi connectivity index (χ0v) is 19.0. The summed E-state index contributed by atoms with van der Waals surface area (Å²) in [6.45, 7) is 7.79. The van der Waals surface area contributed by atoms with Crippen LogP contribution in [0.3, 0.4) is 0 Å². The van der Waals surface area contributed by atoms with Gasteiger partial charge in [0.05, 0.1) is 0 Å². The maximum atomic E-state index is 12.4. The molecule has 4 heterocycles. The zero-order valence-electron chi connectivity index (χ0n) is 18.2. The van der Waals surface area contributed by atoms with E-state index >= 15 is 0 Å². The summed E-state index contributed by atoms with van der Waals surface area (Å²) < 4.78 is 5.28. The van der Waals surface area contributed by atoms with E-state index in [0.717, 1.165) is 56.4 Å². The van der Waals surface area contributed by atoms with Crippen LogP contribution < -0.4 is 16.1 Å². The van der Waals surface area contributed by atoms with Crippen LogP contribution >= 0.6 is 11.6 Å². The number of anilines is 1. The molecular formula is C22H26ClN7O2. The van der Waals surface area contributed by atoms with Crippen molar-refractivity contribution < 1.29 is 0 Å². The fourth-order valence-corrected chi connectivity index (χ4v) is 4.73. The lowest BCUT2D eigenvalue weighted by Crippen LogP contribution is -2.46. The monoisotopic (exact) mass is 455 g/mol. The third kappa shape index (κ3) is 3.61. The quantitative estimate of drug-likeness (QED) is 0.496. The Bertz CT molecular complexity index is 1410. The van der Waals surface area contributed by atoms with E-state index in [2.05, 4.69) is 30.4 Å². The molecule has 3 aromatic heterocycles. The number of nitrogens with zero attached hydrogens (tertiary/aromatic N) is 6. The van der Waals surface area contributed by atoms with Gasteiger partial charge in [-0.25, -0.2) is 4.79 Å². The number of hydrogen-bond donors (Lipinski definition) is 1. The fourth-order valence-electron chi connectivity index (χ4n) is 4.55. The van der Waals surface area contributed by atoms with Gasteiger partial charge in [-0.1, -0.05) is 17.7 Å². The van der Waals surface area contributed by atoms with Crippen molar-refractivity contribution in [2.45, 2.75) is 19.9 Å². The van der Waals surface area contributed by atoms with Crippen molar-refractivity contribution in [2.24, 2.45) is 7.05 Å². The van der Waals surface area contributed by atoms with Gasteiger partial charge in [0, 0.05) is 62.4 Å². The first-order valence-electron chi connectivity index (χ1n) is 10.8. The van der Waals surface area contributed by atoms with Gasteiger partial charge in [-0.15, -0.1) is 0 Å². The Morgan fingerprint density at radius 2 is 1.91 bits per heavy atom. The highest BCUT2D eigenvalue weighted by molar-refractivity contribution is 6.30. The van der Waals surface area contributed by atoms with Gasteiger partial charge in [-0.2, -0.15) is 4.98 Å². The predicted molar refractivity (Wildman–Crippen MR) is 126 cm³/mol. The molecule has 0 radical (unpaired) electrons. The molecule has 1 aliphatic rings. The number of aromatic nitrogens is 5. The summed E-state index contributed by atoms with van der Waals surface area (Å²) in [5.41, 5.74) is 2.15. The smallest absolute Gasteiger partial charge is 0.329 e. The molecule has 1 aliphatic heterocycles. The molecule has 0 amide bonds. The van der Waals surface area contributed by atoms with Crippen molar-refractivity contribution >= 4 is 34.2 Å². The number of aryl methyl sites for hydroxylation is 3. The lowest BCUT2D eigenvalue weighted by molar-refractivity contribution is 0.250. The Labute approximate surface area is 189 Å². The van der Waals surface area contributed by atoms with Gasteiger partial charge in [0.25, 0.3) is 5.56 Å². The molecular weight excluding hydrogens is 430 g/mol. The minimum absolute atomic E-state index is 0.402. The predicted octanol–water partition coefficient (Wildman–Crippen LogP) is 1.85. The number of rotatable bonds is 5. The minimum Gasteiger partial charge on any atom is -0.369 e. The topological polar surface area (TPSA) is 83.6 Å². The van der Waals surface area contributed by atoms with E-state index in [4.69, 9.17) is 11.6 Å². The second kappa shape index (κ2) is 8.14. The molecule has 0 spiro atoms. The largest absolute Gasteiger partial charge is 0.369 e. The summed E-state index contributed by atoms with van der Waals surface area (Å²) in [7, 11) is 1.62. The number of hydrogen-bond acceptors (Lipinski definition) is 5. The molecule has 4 aromatic rings. The highest BCUT2D eigenvalue weighted by atomic mass is 35.5. The first-order chi connectivity index (χ1) is 15.4. The molecule has 0 unspecified atom stereocenters. The molecule has 1 aromatic carbocycles. The molecule has 1 fully saturated rings. The van der Waals surface area contributed by atoms with Crippen molar-refractivity contribution in [1.82, 2.24) is 28.4 Å². The van der Waals surface area contributed by atoms with Gasteiger partial charge in [-0.05, 0) is 38.1 Å². The average Bonchev–Trinajstić information content (AvgIpc) is 3.28. The van der Waals surface area contributed by atoms with Gasteiger partial charge in [-0.3, -0.25) is 23.6 Å². The summed E-state index contributed by atoms with van der Waals surface area (Å²) >= 11 is 6.13.